The highest BCUT2D eigenvalue weighted by atomic mass is 19.4. The average molecular weight is 287 g/mol. The Hall–Kier alpha value is -2.38. The van der Waals surface area contributed by atoms with Gasteiger partial charge < -0.3 is 5.32 Å². The molecule has 106 valence electrons. The number of halogens is 4. The number of nitrogens with zero attached hydrogens (tertiary/aromatic N) is 1. The minimum atomic E-state index is -4.82. The van der Waals surface area contributed by atoms with Crippen molar-refractivity contribution in [2.45, 2.75) is 13.1 Å². The van der Waals surface area contributed by atoms with E-state index in [1.807, 2.05) is 0 Å². The van der Waals surface area contributed by atoms with Crippen LogP contribution in [0.15, 0.2) is 24.4 Å². The highest BCUT2D eigenvalue weighted by molar-refractivity contribution is 6.04. The quantitative estimate of drug-likeness (QED) is 0.834. The molecule has 0 spiro atoms. The zero-order valence-corrected chi connectivity index (χ0v) is 10.2. The molecule has 8 heteroatoms. The third-order valence-electron chi connectivity index (χ3n) is 2.60. The first-order valence-corrected chi connectivity index (χ1v) is 5.47. The molecule has 0 atom stereocenters. The van der Waals surface area contributed by atoms with Crippen LogP contribution < -0.4 is 5.32 Å². The number of anilines is 1. The van der Waals surface area contributed by atoms with Gasteiger partial charge in [-0.15, -0.1) is 0 Å². The summed E-state index contributed by atoms with van der Waals surface area (Å²) in [5.74, 6) is -2.02. The Kier molecular flexibility index (Phi) is 3.47. The fraction of sp³-hybridized carbons (Fsp3) is 0.167. The molecule has 0 saturated heterocycles. The summed E-state index contributed by atoms with van der Waals surface area (Å²) in [5, 5.41) is 8.42. The minimum absolute atomic E-state index is 0.149. The number of carbonyl (C=O) groups is 1. The Morgan fingerprint density at radius 2 is 2.05 bits per heavy atom. The molecule has 4 nitrogen and oxygen atoms in total. The highest BCUT2D eigenvalue weighted by Gasteiger charge is 2.34. The molecule has 2 rings (SSSR count). The van der Waals surface area contributed by atoms with Crippen LogP contribution in [0.2, 0.25) is 0 Å². The third-order valence-corrected chi connectivity index (χ3v) is 2.60. The van der Waals surface area contributed by atoms with E-state index >= 15 is 0 Å². The van der Waals surface area contributed by atoms with Gasteiger partial charge in [0.1, 0.15) is 5.82 Å². The lowest BCUT2D eigenvalue weighted by molar-refractivity contribution is -0.139. The van der Waals surface area contributed by atoms with Crippen molar-refractivity contribution in [2.75, 3.05) is 5.32 Å². The molecule has 0 saturated carbocycles. The van der Waals surface area contributed by atoms with Gasteiger partial charge >= 0.3 is 6.18 Å². The fourth-order valence-electron chi connectivity index (χ4n) is 1.60. The van der Waals surface area contributed by atoms with Crippen molar-refractivity contribution >= 4 is 11.6 Å². The number of rotatable bonds is 2. The lowest BCUT2D eigenvalue weighted by atomic mass is 10.1. The summed E-state index contributed by atoms with van der Waals surface area (Å²) in [6.07, 6.45) is -3.57. The fourth-order valence-corrected chi connectivity index (χ4v) is 1.60. The Morgan fingerprint density at radius 1 is 1.35 bits per heavy atom. The number of H-pyrrole nitrogens is 1. The predicted molar refractivity (Wildman–Crippen MR) is 62.7 cm³/mol. The van der Waals surface area contributed by atoms with E-state index in [0.29, 0.717) is 17.8 Å². The topological polar surface area (TPSA) is 57.8 Å². The van der Waals surface area contributed by atoms with Crippen molar-refractivity contribution in [1.29, 1.82) is 0 Å². The maximum absolute atomic E-state index is 13.1. The Morgan fingerprint density at radius 3 is 2.60 bits per heavy atom. The molecule has 0 aliphatic heterocycles. The van der Waals surface area contributed by atoms with Crippen molar-refractivity contribution in [2.24, 2.45) is 0 Å². The van der Waals surface area contributed by atoms with Crippen LogP contribution in [0.3, 0.4) is 0 Å². The monoisotopic (exact) mass is 287 g/mol. The second kappa shape index (κ2) is 4.95. The molecule has 0 bridgehead atoms. The van der Waals surface area contributed by atoms with Gasteiger partial charge in [0.05, 0.1) is 17.3 Å². The third kappa shape index (κ3) is 2.79. The molecule has 0 radical (unpaired) electrons. The largest absolute Gasteiger partial charge is 0.419 e. The van der Waals surface area contributed by atoms with Crippen LogP contribution in [-0.4, -0.2) is 16.1 Å². The van der Waals surface area contributed by atoms with Crippen LogP contribution >= 0.6 is 0 Å². The Bertz CT molecular complexity index is 648. The summed E-state index contributed by atoms with van der Waals surface area (Å²) >= 11 is 0. The van der Waals surface area contributed by atoms with Crippen molar-refractivity contribution in [3.8, 4) is 0 Å². The first-order chi connectivity index (χ1) is 9.29. The number of carbonyl (C=O) groups excluding carboxylic acids is 1. The lowest BCUT2D eigenvalue weighted by Gasteiger charge is -2.10. The van der Waals surface area contributed by atoms with Crippen LogP contribution in [-0.2, 0) is 6.18 Å². The molecule has 0 unspecified atom stereocenters. The molecule has 2 aromatic rings. The number of nitrogens with one attached hydrogen (secondary N) is 2. The van der Waals surface area contributed by atoms with Gasteiger partial charge in [0.2, 0.25) is 0 Å². The molecule has 2 N–H and O–H groups in total. The van der Waals surface area contributed by atoms with E-state index in [9.17, 15) is 22.4 Å². The smallest absolute Gasteiger partial charge is 0.322 e. The van der Waals surface area contributed by atoms with Crippen LogP contribution in [0.4, 0.5) is 23.2 Å². The first-order valence-electron chi connectivity index (χ1n) is 5.47. The Labute approximate surface area is 110 Å². The number of amides is 1. The minimum Gasteiger partial charge on any atom is -0.322 e. The molecular formula is C12H9F4N3O. The van der Waals surface area contributed by atoms with Gasteiger partial charge in [-0.2, -0.15) is 18.3 Å². The van der Waals surface area contributed by atoms with Crippen molar-refractivity contribution in [3.63, 3.8) is 0 Å². The zero-order valence-electron chi connectivity index (χ0n) is 10.2. The molecular weight excluding hydrogens is 278 g/mol. The summed E-state index contributed by atoms with van der Waals surface area (Å²) in [4.78, 5) is 11.8. The molecule has 1 aromatic carbocycles. The van der Waals surface area contributed by atoms with Gasteiger partial charge in [-0.05, 0) is 25.1 Å². The van der Waals surface area contributed by atoms with E-state index in [1.54, 1.807) is 6.92 Å². The molecule has 20 heavy (non-hydrogen) atoms. The Balaban J connectivity index is 2.27. The van der Waals surface area contributed by atoms with E-state index < -0.39 is 23.5 Å². The number of alkyl halides is 3. The van der Waals surface area contributed by atoms with E-state index in [1.165, 1.54) is 6.20 Å². The van der Waals surface area contributed by atoms with Gasteiger partial charge in [-0.25, -0.2) is 4.39 Å². The molecule has 0 aliphatic rings. The molecule has 0 aliphatic carbocycles. The summed E-state index contributed by atoms with van der Waals surface area (Å²) in [5.41, 5.74) is -0.910. The number of aryl methyl sites for hydroxylation is 1. The molecule has 1 amide bonds. The molecule has 1 heterocycles. The maximum atomic E-state index is 13.1. The van der Waals surface area contributed by atoms with Crippen molar-refractivity contribution in [3.05, 3.63) is 47.0 Å². The number of hydrogen-bond donors (Lipinski definition) is 2. The second-order valence-corrected chi connectivity index (χ2v) is 4.06. The van der Waals surface area contributed by atoms with E-state index in [-0.39, 0.29) is 11.3 Å². The summed E-state index contributed by atoms with van der Waals surface area (Å²) in [6.45, 7) is 1.59. The molecule has 1 aromatic heterocycles. The van der Waals surface area contributed by atoms with Gasteiger partial charge in [0.15, 0.2) is 0 Å². The SMILES string of the molecule is Cc1[nH]ncc1C(=O)Nc1ccc(F)c(C(F)(F)F)c1. The van der Waals surface area contributed by atoms with E-state index in [0.717, 1.165) is 6.07 Å². The van der Waals surface area contributed by atoms with Crippen LogP contribution in [0, 0.1) is 12.7 Å². The van der Waals surface area contributed by atoms with E-state index in [4.69, 9.17) is 0 Å². The van der Waals surface area contributed by atoms with E-state index in [2.05, 4.69) is 15.5 Å². The predicted octanol–water partition coefficient (Wildman–Crippen LogP) is 3.13. The summed E-state index contributed by atoms with van der Waals surface area (Å²) in [6, 6.07) is 2.25. The molecule has 0 fully saturated rings. The van der Waals surface area contributed by atoms with Crippen LogP contribution in [0.25, 0.3) is 0 Å². The zero-order chi connectivity index (χ0) is 14.9. The van der Waals surface area contributed by atoms with Gasteiger partial charge in [-0.3, -0.25) is 9.89 Å². The summed E-state index contributed by atoms with van der Waals surface area (Å²) < 4.78 is 50.7. The van der Waals surface area contributed by atoms with Crippen LogP contribution in [0.5, 0.6) is 0 Å². The maximum Gasteiger partial charge on any atom is 0.419 e. The first kappa shape index (κ1) is 14.0. The average Bonchev–Trinajstić information content (AvgIpc) is 2.76. The standard InChI is InChI=1S/C12H9F4N3O/c1-6-8(5-17-19-6)11(20)18-7-2-3-10(13)9(4-7)12(14,15)16/h2-5H,1H3,(H,17,19)(H,18,20). The number of benzene rings is 1. The van der Waals surface area contributed by atoms with Crippen molar-refractivity contribution in [1.82, 2.24) is 10.2 Å². The number of aromatic nitrogens is 2. The number of aromatic amines is 1. The van der Waals surface area contributed by atoms with Gasteiger partial charge in [0.25, 0.3) is 5.91 Å². The number of hydrogen-bond acceptors (Lipinski definition) is 2. The van der Waals surface area contributed by atoms with Gasteiger partial charge in [-0.1, -0.05) is 0 Å². The highest BCUT2D eigenvalue weighted by Crippen LogP contribution is 2.33. The summed E-state index contributed by atoms with van der Waals surface area (Å²) in [7, 11) is 0. The van der Waals surface area contributed by atoms with Crippen molar-refractivity contribution < 1.29 is 22.4 Å². The normalized spacial score (nSPS) is 11.4. The van der Waals surface area contributed by atoms with Gasteiger partial charge in [0, 0.05) is 11.4 Å². The lowest BCUT2D eigenvalue weighted by Crippen LogP contribution is -2.14. The van der Waals surface area contributed by atoms with Crippen LogP contribution in [0.1, 0.15) is 21.6 Å². The second-order valence-electron chi connectivity index (χ2n) is 4.06.